The van der Waals surface area contributed by atoms with Gasteiger partial charge in [-0.15, -0.1) is 0 Å². The first-order valence-electron chi connectivity index (χ1n) is 6.33. The largest absolute Gasteiger partial charge is 0.354 e. The summed E-state index contributed by atoms with van der Waals surface area (Å²) < 4.78 is 0. The summed E-state index contributed by atoms with van der Waals surface area (Å²) in [6.07, 6.45) is 2.23. The van der Waals surface area contributed by atoms with Gasteiger partial charge in [0.2, 0.25) is 17.8 Å². The second-order valence-corrected chi connectivity index (χ2v) is 4.23. The van der Waals surface area contributed by atoms with E-state index in [9.17, 15) is 9.59 Å². The van der Waals surface area contributed by atoms with Crippen LogP contribution in [0.25, 0.3) is 0 Å². The molecule has 0 radical (unpaired) electrons. The Morgan fingerprint density at radius 3 is 2.95 bits per heavy atom. The topological polar surface area (TPSA) is 87.2 Å². The smallest absolute Gasteiger partial charge is 0.249 e. The third kappa shape index (κ3) is 2.81. The Labute approximate surface area is 111 Å². The van der Waals surface area contributed by atoms with Crippen LogP contribution in [0.4, 0.5) is 11.8 Å². The molecule has 0 spiro atoms. The molecule has 1 saturated heterocycles. The number of hydrogen-bond acceptors (Lipinski definition) is 6. The first-order valence-corrected chi connectivity index (χ1v) is 6.33. The molecule has 1 aliphatic heterocycles. The molecule has 1 aromatic heterocycles. The molecule has 0 aromatic carbocycles. The van der Waals surface area contributed by atoms with Gasteiger partial charge in [0.25, 0.3) is 0 Å². The number of aromatic nitrogens is 2. The van der Waals surface area contributed by atoms with Gasteiger partial charge in [-0.05, 0) is 19.4 Å². The fourth-order valence-corrected chi connectivity index (χ4v) is 2.07. The minimum atomic E-state index is -0.373. The Morgan fingerprint density at radius 2 is 2.26 bits per heavy atom. The molecule has 2 heterocycles. The van der Waals surface area contributed by atoms with Crippen molar-refractivity contribution < 1.29 is 9.59 Å². The number of rotatable bonds is 4. The molecule has 7 nitrogen and oxygen atoms in total. The monoisotopic (exact) mass is 263 g/mol. The lowest BCUT2D eigenvalue weighted by molar-refractivity contribution is -0.132. The van der Waals surface area contributed by atoms with Gasteiger partial charge in [-0.2, -0.15) is 4.98 Å². The SMILES string of the molecule is CCNc1nccc(N2CC(=O)NC(=O)C2CC)n1. The Bertz CT molecular complexity index is 491. The van der Waals surface area contributed by atoms with Crippen molar-refractivity contribution >= 4 is 23.6 Å². The van der Waals surface area contributed by atoms with Crippen LogP contribution in [0.1, 0.15) is 20.3 Å². The second-order valence-electron chi connectivity index (χ2n) is 4.23. The van der Waals surface area contributed by atoms with Crippen molar-refractivity contribution in [2.75, 3.05) is 23.3 Å². The lowest BCUT2D eigenvalue weighted by Crippen LogP contribution is -2.58. The number of amides is 2. The molecule has 2 amide bonds. The van der Waals surface area contributed by atoms with Crippen molar-refractivity contribution in [1.82, 2.24) is 15.3 Å². The second kappa shape index (κ2) is 5.64. The number of imide groups is 1. The van der Waals surface area contributed by atoms with Crippen LogP contribution in [0, 0.1) is 0 Å². The highest BCUT2D eigenvalue weighted by atomic mass is 16.2. The maximum Gasteiger partial charge on any atom is 0.249 e. The number of piperazine rings is 1. The molecule has 0 saturated carbocycles. The molecule has 1 aromatic rings. The third-order valence-electron chi connectivity index (χ3n) is 2.91. The van der Waals surface area contributed by atoms with Gasteiger partial charge >= 0.3 is 0 Å². The summed E-state index contributed by atoms with van der Waals surface area (Å²) in [7, 11) is 0. The van der Waals surface area contributed by atoms with Crippen molar-refractivity contribution in [2.45, 2.75) is 26.3 Å². The maximum atomic E-state index is 11.8. The van der Waals surface area contributed by atoms with Gasteiger partial charge in [0.1, 0.15) is 11.9 Å². The highest BCUT2D eigenvalue weighted by molar-refractivity contribution is 6.04. The molecule has 0 bridgehead atoms. The zero-order valence-corrected chi connectivity index (χ0v) is 11.0. The molecular weight excluding hydrogens is 246 g/mol. The van der Waals surface area contributed by atoms with Gasteiger partial charge in [0.15, 0.2) is 0 Å². The van der Waals surface area contributed by atoms with Gasteiger partial charge in [0.05, 0.1) is 6.54 Å². The van der Waals surface area contributed by atoms with E-state index in [1.165, 1.54) is 0 Å². The zero-order valence-electron chi connectivity index (χ0n) is 11.0. The van der Waals surface area contributed by atoms with Crippen molar-refractivity contribution in [3.8, 4) is 0 Å². The van der Waals surface area contributed by atoms with Gasteiger partial charge in [-0.1, -0.05) is 6.92 Å². The Morgan fingerprint density at radius 1 is 1.47 bits per heavy atom. The summed E-state index contributed by atoms with van der Waals surface area (Å²) in [5, 5.41) is 5.35. The van der Waals surface area contributed by atoms with E-state index < -0.39 is 0 Å². The number of anilines is 2. The van der Waals surface area contributed by atoms with Crippen LogP contribution in [0.15, 0.2) is 12.3 Å². The molecule has 102 valence electrons. The molecule has 1 fully saturated rings. The minimum Gasteiger partial charge on any atom is -0.354 e. The number of nitrogens with one attached hydrogen (secondary N) is 2. The molecule has 2 rings (SSSR count). The quantitative estimate of drug-likeness (QED) is 0.752. The van der Waals surface area contributed by atoms with Crippen molar-refractivity contribution in [1.29, 1.82) is 0 Å². The van der Waals surface area contributed by atoms with Crippen LogP contribution in [0.3, 0.4) is 0 Å². The number of hydrogen-bond donors (Lipinski definition) is 2. The van der Waals surface area contributed by atoms with Crippen LogP contribution >= 0.6 is 0 Å². The van der Waals surface area contributed by atoms with Crippen LogP contribution in [-0.4, -0.2) is 40.9 Å². The predicted octanol–water partition coefficient (Wildman–Crippen LogP) is 0.150. The first kappa shape index (κ1) is 13.3. The molecular formula is C12H17N5O2. The standard InChI is InChI=1S/C12H17N5O2/c1-3-8-11(19)16-10(18)7-17(8)9-5-6-14-12(15-9)13-4-2/h5-6,8H,3-4,7H2,1-2H3,(H,13,14,15)(H,16,18,19). The van der Waals surface area contributed by atoms with Crippen LogP contribution in [0.5, 0.6) is 0 Å². The summed E-state index contributed by atoms with van der Waals surface area (Å²) in [6, 6.07) is 1.33. The highest BCUT2D eigenvalue weighted by Gasteiger charge is 2.33. The van der Waals surface area contributed by atoms with Crippen LogP contribution < -0.4 is 15.5 Å². The van der Waals surface area contributed by atoms with Gasteiger partial charge in [0, 0.05) is 12.7 Å². The number of carbonyl (C=O) groups excluding carboxylic acids is 2. The lowest BCUT2D eigenvalue weighted by atomic mass is 10.1. The summed E-state index contributed by atoms with van der Waals surface area (Å²) in [5.74, 6) is 0.495. The Balaban J connectivity index is 2.29. The summed E-state index contributed by atoms with van der Waals surface area (Å²) in [4.78, 5) is 33.4. The van der Waals surface area contributed by atoms with E-state index in [1.807, 2.05) is 13.8 Å². The first-order chi connectivity index (χ1) is 9.15. The minimum absolute atomic E-state index is 0.132. The fraction of sp³-hybridized carbons (Fsp3) is 0.500. The fourth-order valence-electron chi connectivity index (χ4n) is 2.07. The normalized spacial score (nSPS) is 19.3. The summed E-state index contributed by atoms with van der Waals surface area (Å²) in [5.41, 5.74) is 0. The van der Waals surface area contributed by atoms with Crippen molar-refractivity contribution in [3.05, 3.63) is 12.3 Å². The molecule has 2 N–H and O–H groups in total. The molecule has 1 atom stereocenters. The Hall–Kier alpha value is -2.18. The molecule has 1 aliphatic rings. The average Bonchev–Trinajstić information content (AvgIpc) is 2.38. The van der Waals surface area contributed by atoms with Crippen molar-refractivity contribution in [3.63, 3.8) is 0 Å². The van der Waals surface area contributed by atoms with E-state index >= 15 is 0 Å². The maximum absolute atomic E-state index is 11.8. The van der Waals surface area contributed by atoms with Crippen LogP contribution in [0.2, 0.25) is 0 Å². The summed E-state index contributed by atoms with van der Waals surface area (Å²) in [6.45, 7) is 4.69. The summed E-state index contributed by atoms with van der Waals surface area (Å²) >= 11 is 0. The van der Waals surface area contributed by atoms with Gasteiger partial charge in [-0.3, -0.25) is 14.9 Å². The van der Waals surface area contributed by atoms with Gasteiger partial charge < -0.3 is 10.2 Å². The molecule has 0 aliphatic carbocycles. The molecule has 19 heavy (non-hydrogen) atoms. The van der Waals surface area contributed by atoms with E-state index in [0.717, 1.165) is 0 Å². The number of nitrogens with zero attached hydrogens (tertiary/aromatic N) is 3. The van der Waals surface area contributed by atoms with E-state index in [2.05, 4.69) is 20.6 Å². The zero-order chi connectivity index (χ0) is 13.8. The van der Waals surface area contributed by atoms with E-state index in [1.54, 1.807) is 17.2 Å². The van der Waals surface area contributed by atoms with E-state index in [-0.39, 0.29) is 24.4 Å². The third-order valence-corrected chi connectivity index (χ3v) is 2.91. The molecule has 7 heteroatoms. The predicted molar refractivity (Wildman–Crippen MR) is 70.8 cm³/mol. The Kier molecular flexibility index (Phi) is 3.94. The van der Waals surface area contributed by atoms with E-state index in [0.29, 0.717) is 24.7 Å². The van der Waals surface area contributed by atoms with E-state index in [4.69, 9.17) is 0 Å². The lowest BCUT2D eigenvalue weighted by Gasteiger charge is -2.34. The molecule has 1 unspecified atom stereocenters. The average molecular weight is 263 g/mol. The van der Waals surface area contributed by atoms with Gasteiger partial charge in [-0.25, -0.2) is 4.98 Å². The number of carbonyl (C=O) groups is 2. The van der Waals surface area contributed by atoms with Crippen molar-refractivity contribution in [2.24, 2.45) is 0 Å². The van der Waals surface area contributed by atoms with Crippen LogP contribution in [-0.2, 0) is 9.59 Å². The highest BCUT2D eigenvalue weighted by Crippen LogP contribution is 2.19.